The number of benzene rings is 1. The second-order valence-corrected chi connectivity index (χ2v) is 4.36. The molecule has 0 saturated heterocycles. The molecular weight excluding hydrogens is 212 g/mol. The van der Waals surface area contributed by atoms with Gasteiger partial charge in [-0.05, 0) is 12.0 Å². The molecular formula is C11H16O3S. The van der Waals surface area contributed by atoms with Crippen LogP contribution in [0.15, 0.2) is 43.0 Å². The van der Waals surface area contributed by atoms with Crippen LogP contribution in [0.3, 0.4) is 0 Å². The Morgan fingerprint density at radius 3 is 2.13 bits per heavy atom. The van der Waals surface area contributed by atoms with Gasteiger partial charge in [-0.2, -0.15) is 8.42 Å². The Bertz CT molecular complexity index is 368. The van der Waals surface area contributed by atoms with Crippen LogP contribution < -0.4 is 0 Å². The lowest BCUT2D eigenvalue weighted by Gasteiger charge is -1.95. The van der Waals surface area contributed by atoms with Gasteiger partial charge in [0.15, 0.2) is 0 Å². The summed E-state index contributed by atoms with van der Waals surface area (Å²) in [7, 11) is -3.88. The standard InChI is InChI=1S/C7H8O3S.C4H8/c8-11(9,10)6-7-4-2-1-3-5-7;1-3-4-2/h1-5H,6H2,(H,8,9,10);3H,1,4H2,2H3. The van der Waals surface area contributed by atoms with Gasteiger partial charge < -0.3 is 0 Å². The minimum Gasteiger partial charge on any atom is -0.285 e. The first-order valence-electron chi connectivity index (χ1n) is 4.59. The molecule has 3 nitrogen and oxygen atoms in total. The lowest BCUT2D eigenvalue weighted by atomic mass is 10.2. The van der Waals surface area contributed by atoms with Gasteiger partial charge in [0.25, 0.3) is 10.1 Å². The molecule has 0 unspecified atom stereocenters. The van der Waals surface area contributed by atoms with Gasteiger partial charge in [0.1, 0.15) is 5.75 Å². The van der Waals surface area contributed by atoms with E-state index in [9.17, 15) is 8.42 Å². The summed E-state index contributed by atoms with van der Waals surface area (Å²) in [5.41, 5.74) is 0.593. The SMILES string of the molecule is C=CCC.O=S(=O)(O)Cc1ccccc1. The molecule has 0 heterocycles. The van der Waals surface area contributed by atoms with Crippen molar-refractivity contribution in [2.24, 2.45) is 0 Å². The Labute approximate surface area is 91.2 Å². The van der Waals surface area contributed by atoms with Crippen molar-refractivity contribution in [2.75, 3.05) is 0 Å². The maximum atomic E-state index is 10.4. The van der Waals surface area contributed by atoms with Gasteiger partial charge in [-0.3, -0.25) is 4.55 Å². The molecule has 1 aromatic rings. The molecule has 0 radical (unpaired) electrons. The van der Waals surface area contributed by atoms with Crippen molar-refractivity contribution in [1.82, 2.24) is 0 Å². The van der Waals surface area contributed by atoms with Crippen LogP contribution in [0.25, 0.3) is 0 Å². The number of allylic oxidation sites excluding steroid dienone is 1. The van der Waals surface area contributed by atoms with Crippen LogP contribution in [-0.2, 0) is 15.9 Å². The highest BCUT2D eigenvalue weighted by molar-refractivity contribution is 7.85. The van der Waals surface area contributed by atoms with E-state index in [4.69, 9.17) is 4.55 Å². The summed E-state index contributed by atoms with van der Waals surface area (Å²) in [6.45, 7) is 5.54. The van der Waals surface area contributed by atoms with E-state index in [0.29, 0.717) is 5.56 Å². The van der Waals surface area contributed by atoms with Gasteiger partial charge in [-0.15, -0.1) is 6.58 Å². The molecule has 0 fully saturated rings. The van der Waals surface area contributed by atoms with Crippen molar-refractivity contribution >= 4 is 10.1 Å². The van der Waals surface area contributed by atoms with Gasteiger partial charge in [-0.25, -0.2) is 0 Å². The molecule has 0 bridgehead atoms. The molecule has 15 heavy (non-hydrogen) atoms. The largest absolute Gasteiger partial charge is 0.285 e. The summed E-state index contributed by atoms with van der Waals surface area (Å²) in [4.78, 5) is 0. The predicted molar refractivity (Wildman–Crippen MR) is 62.2 cm³/mol. The molecule has 1 aromatic carbocycles. The number of rotatable bonds is 3. The third-order valence-electron chi connectivity index (χ3n) is 1.48. The zero-order chi connectivity index (χ0) is 11.7. The topological polar surface area (TPSA) is 54.4 Å². The van der Waals surface area contributed by atoms with Crippen LogP contribution in [-0.4, -0.2) is 13.0 Å². The van der Waals surface area contributed by atoms with Gasteiger partial charge in [0.2, 0.25) is 0 Å². The summed E-state index contributed by atoms with van der Waals surface area (Å²) in [6.07, 6.45) is 2.96. The molecule has 0 spiro atoms. The molecule has 0 aliphatic rings. The Kier molecular flexibility index (Phi) is 6.66. The Morgan fingerprint density at radius 1 is 1.33 bits per heavy atom. The number of hydrogen-bond donors (Lipinski definition) is 1. The normalized spacial score (nSPS) is 10.0. The summed E-state index contributed by atoms with van der Waals surface area (Å²) >= 11 is 0. The van der Waals surface area contributed by atoms with E-state index in [1.54, 1.807) is 30.3 Å². The molecule has 0 atom stereocenters. The molecule has 0 aliphatic carbocycles. The lowest BCUT2D eigenvalue weighted by molar-refractivity contribution is 0.482. The fourth-order valence-electron chi connectivity index (χ4n) is 0.785. The maximum Gasteiger partial charge on any atom is 0.269 e. The summed E-state index contributed by atoms with van der Waals surface area (Å²) in [5, 5.41) is 0. The third kappa shape index (κ3) is 9.18. The zero-order valence-electron chi connectivity index (χ0n) is 8.76. The van der Waals surface area contributed by atoms with Crippen LogP contribution in [0.1, 0.15) is 18.9 Å². The van der Waals surface area contributed by atoms with E-state index >= 15 is 0 Å². The van der Waals surface area contributed by atoms with Crippen molar-refractivity contribution in [1.29, 1.82) is 0 Å². The average Bonchev–Trinajstić information content (AvgIpc) is 2.17. The molecule has 0 aliphatic heterocycles. The van der Waals surface area contributed by atoms with Crippen molar-refractivity contribution in [3.63, 3.8) is 0 Å². The molecule has 1 rings (SSSR count). The van der Waals surface area contributed by atoms with Crippen molar-refractivity contribution in [3.8, 4) is 0 Å². The highest BCUT2D eigenvalue weighted by Gasteiger charge is 2.04. The first-order chi connectivity index (χ1) is 6.99. The van der Waals surface area contributed by atoms with Gasteiger partial charge in [-0.1, -0.05) is 43.3 Å². The van der Waals surface area contributed by atoms with E-state index < -0.39 is 10.1 Å². The zero-order valence-corrected chi connectivity index (χ0v) is 9.57. The second kappa shape index (κ2) is 7.20. The van der Waals surface area contributed by atoms with Crippen molar-refractivity contribution in [3.05, 3.63) is 48.6 Å². The van der Waals surface area contributed by atoms with Crippen LogP contribution >= 0.6 is 0 Å². The fraction of sp³-hybridized carbons (Fsp3) is 0.273. The van der Waals surface area contributed by atoms with Crippen LogP contribution in [0.5, 0.6) is 0 Å². The summed E-state index contributed by atoms with van der Waals surface area (Å²) in [6, 6.07) is 8.52. The maximum absolute atomic E-state index is 10.4. The van der Waals surface area contributed by atoms with E-state index in [0.717, 1.165) is 6.42 Å². The molecule has 0 saturated carbocycles. The second-order valence-electron chi connectivity index (χ2n) is 2.91. The van der Waals surface area contributed by atoms with E-state index in [1.807, 2.05) is 6.08 Å². The van der Waals surface area contributed by atoms with E-state index in [-0.39, 0.29) is 5.75 Å². The van der Waals surface area contributed by atoms with Crippen molar-refractivity contribution < 1.29 is 13.0 Å². The first-order valence-corrected chi connectivity index (χ1v) is 6.20. The lowest BCUT2D eigenvalue weighted by Crippen LogP contribution is -2.00. The van der Waals surface area contributed by atoms with Crippen molar-refractivity contribution in [2.45, 2.75) is 19.1 Å². The molecule has 0 aromatic heterocycles. The van der Waals surface area contributed by atoms with E-state index in [1.165, 1.54) is 0 Å². The Balaban J connectivity index is 0.000000423. The smallest absolute Gasteiger partial charge is 0.269 e. The van der Waals surface area contributed by atoms with Crippen LogP contribution in [0.4, 0.5) is 0 Å². The quantitative estimate of drug-likeness (QED) is 0.639. The van der Waals surface area contributed by atoms with Gasteiger partial charge in [0, 0.05) is 0 Å². The minimum atomic E-state index is -3.88. The minimum absolute atomic E-state index is 0.312. The van der Waals surface area contributed by atoms with Crippen LogP contribution in [0.2, 0.25) is 0 Å². The monoisotopic (exact) mass is 228 g/mol. The Hall–Kier alpha value is -1.13. The molecule has 4 heteroatoms. The highest BCUT2D eigenvalue weighted by atomic mass is 32.2. The molecule has 0 amide bonds. The Morgan fingerprint density at radius 2 is 1.80 bits per heavy atom. The molecule has 84 valence electrons. The van der Waals surface area contributed by atoms with Gasteiger partial charge in [0.05, 0.1) is 0 Å². The summed E-state index contributed by atoms with van der Waals surface area (Å²) < 4.78 is 29.2. The third-order valence-corrected chi connectivity index (χ3v) is 2.18. The summed E-state index contributed by atoms with van der Waals surface area (Å²) in [5.74, 6) is -0.312. The first kappa shape index (κ1) is 13.9. The highest BCUT2D eigenvalue weighted by Crippen LogP contribution is 2.02. The molecule has 1 N–H and O–H groups in total. The van der Waals surface area contributed by atoms with Gasteiger partial charge >= 0.3 is 0 Å². The fourth-order valence-corrected chi connectivity index (χ4v) is 1.40. The average molecular weight is 228 g/mol. The van der Waals surface area contributed by atoms with Crippen LogP contribution in [0, 0.1) is 0 Å². The van der Waals surface area contributed by atoms with E-state index in [2.05, 4.69) is 13.5 Å². The number of hydrogen-bond acceptors (Lipinski definition) is 2. The predicted octanol–water partition coefficient (Wildman–Crippen LogP) is 2.66.